The number of benzene rings is 3. The Labute approximate surface area is 220 Å². The number of alkyl halides is 3. The van der Waals surface area contributed by atoms with Crippen LogP contribution < -0.4 is 11.2 Å². The van der Waals surface area contributed by atoms with Crippen LogP contribution in [0, 0.1) is 5.82 Å². The van der Waals surface area contributed by atoms with Gasteiger partial charge in [0.25, 0.3) is 5.56 Å². The van der Waals surface area contributed by atoms with Crippen molar-refractivity contribution in [3.05, 3.63) is 128 Å². The van der Waals surface area contributed by atoms with Gasteiger partial charge in [-0.05, 0) is 59.0 Å². The number of rotatable bonds is 6. The fraction of sp³-hybridized carbons (Fsp3) is 0.207. The van der Waals surface area contributed by atoms with Crippen LogP contribution >= 0.6 is 0 Å². The van der Waals surface area contributed by atoms with E-state index in [9.17, 15) is 27.2 Å². The monoisotopic (exact) mass is 536 g/mol. The van der Waals surface area contributed by atoms with Crippen molar-refractivity contribution >= 4 is 11.2 Å². The van der Waals surface area contributed by atoms with Crippen molar-refractivity contribution < 1.29 is 17.6 Å². The minimum absolute atomic E-state index is 0.0604. The van der Waals surface area contributed by atoms with Crippen LogP contribution in [0.15, 0.2) is 88.7 Å². The maximum Gasteiger partial charge on any atom is 0.416 e. The highest BCUT2D eigenvalue weighted by molar-refractivity contribution is 5.72. The van der Waals surface area contributed by atoms with Crippen molar-refractivity contribution in [2.45, 2.75) is 39.0 Å². The molecule has 0 saturated carbocycles. The SMILES string of the molecule is CC(C)c1ccc(-n2c(=O)n(Cc3ccc(F)cc3)c(=O)c3c2ncn3Cc2ccc(C(F)(F)F)cc2)cc1. The van der Waals surface area contributed by atoms with Gasteiger partial charge < -0.3 is 4.57 Å². The molecule has 5 rings (SSSR count). The summed E-state index contributed by atoms with van der Waals surface area (Å²) in [5.41, 5.74) is 0.873. The molecule has 6 nitrogen and oxygen atoms in total. The number of aromatic nitrogens is 4. The van der Waals surface area contributed by atoms with Crippen molar-refractivity contribution in [2.75, 3.05) is 0 Å². The first-order chi connectivity index (χ1) is 18.5. The fourth-order valence-corrected chi connectivity index (χ4v) is 4.45. The van der Waals surface area contributed by atoms with Gasteiger partial charge in [0, 0.05) is 6.54 Å². The number of fused-ring (bicyclic) bond motifs is 1. The molecule has 0 atom stereocenters. The number of halogens is 4. The number of hydrogen-bond acceptors (Lipinski definition) is 3. The first-order valence-electron chi connectivity index (χ1n) is 12.2. The molecule has 39 heavy (non-hydrogen) atoms. The van der Waals surface area contributed by atoms with Crippen LogP contribution in [0.5, 0.6) is 0 Å². The second-order valence-electron chi connectivity index (χ2n) is 9.62. The second-order valence-corrected chi connectivity index (χ2v) is 9.62. The van der Waals surface area contributed by atoms with Gasteiger partial charge in [-0.1, -0.05) is 50.2 Å². The maximum atomic E-state index is 13.7. The van der Waals surface area contributed by atoms with Crippen LogP contribution in [0.2, 0.25) is 0 Å². The van der Waals surface area contributed by atoms with Crippen LogP contribution in [0.3, 0.4) is 0 Å². The standard InChI is InChI=1S/C29H24F4N4O2/c1-18(2)21-7-13-24(14-8-21)37-26-25(27(38)36(28(37)39)16-20-5-11-23(30)12-6-20)35(17-34-26)15-19-3-9-22(10-4-19)29(31,32)33/h3-14,17-18H,15-16H2,1-2H3. The summed E-state index contributed by atoms with van der Waals surface area (Å²) in [7, 11) is 0. The van der Waals surface area contributed by atoms with Crippen molar-refractivity contribution in [2.24, 2.45) is 0 Å². The molecule has 200 valence electrons. The molecule has 0 aliphatic heterocycles. The highest BCUT2D eigenvalue weighted by atomic mass is 19.4. The highest BCUT2D eigenvalue weighted by Crippen LogP contribution is 2.29. The third-order valence-electron chi connectivity index (χ3n) is 6.61. The molecule has 3 aromatic carbocycles. The van der Waals surface area contributed by atoms with Gasteiger partial charge in [-0.15, -0.1) is 0 Å². The van der Waals surface area contributed by atoms with Gasteiger partial charge in [-0.25, -0.2) is 18.7 Å². The Bertz CT molecular complexity index is 1750. The van der Waals surface area contributed by atoms with Crippen molar-refractivity contribution in [3.63, 3.8) is 0 Å². The molecular weight excluding hydrogens is 512 g/mol. The lowest BCUT2D eigenvalue weighted by molar-refractivity contribution is -0.137. The van der Waals surface area contributed by atoms with E-state index in [1.165, 1.54) is 51.9 Å². The van der Waals surface area contributed by atoms with E-state index in [1.807, 2.05) is 26.0 Å². The van der Waals surface area contributed by atoms with Crippen molar-refractivity contribution in [3.8, 4) is 5.69 Å². The Morgan fingerprint density at radius 3 is 2.00 bits per heavy atom. The summed E-state index contributed by atoms with van der Waals surface area (Å²) in [6.45, 7) is 4.05. The maximum absolute atomic E-state index is 13.7. The summed E-state index contributed by atoms with van der Waals surface area (Å²) in [5.74, 6) is -0.176. The number of nitrogens with zero attached hydrogens (tertiary/aromatic N) is 4. The van der Waals surface area contributed by atoms with E-state index in [0.717, 1.165) is 22.3 Å². The van der Waals surface area contributed by atoms with E-state index in [1.54, 1.807) is 12.1 Å². The summed E-state index contributed by atoms with van der Waals surface area (Å²) < 4.78 is 56.4. The van der Waals surface area contributed by atoms with Crippen LogP contribution in [-0.4, -0.2) is 18.7 Å². The van der Waals surface area contributed by atoms with Gasteiger partial charge in [0.2, 0.25) is 0 Å². The molecule has 0 saturated heterocycles. The molecule has 0 radical (unpaired) electrons. The molecule has 0 amide bonds. The predicted molar refractivity (Wildman–Crippen MR) is 140 cm³/mol. The lowest BCUT2D eigenvalue weighted by Gasteiger charge is -2.14. The second kappa shape index (κ2) is 10.0. The molecule has 0 fully saturated rings. The quantitative estimate of drug-likeness (QED) is 0.261. The molecule has 2 aromatic heterocycles. The Hall–Kier alpha value is -4.47. The molecule has 0 aliphatic carbocycles. The molecule has 0 N–H and O–H groups in total. The minimum atomic E-state index is -4.46. The van der Waals surface area contributed by atoms with Crippen molar-refractivity contribution in [1.29, 1.82) is 0 Å². The average molecular weight is 537 g/mol. The topological polar surface area (TPSA) is 61.8 Å². The highest BCUT2D eigenvalue weighted by Gasteiger charge is 2.30. The minimum Gasteiger partial charge on any atom is -0.320 e. The van der Waals surface area contributed by atoms with E-state index in [2.05, 4.69) is 4.98 Å². The van der Waals surface area contributed by atoms with Crippen LogP contribution in [0.25, 0.3) is 16.9 Å². The summed E-state index contributed by atoms with van der Waals surface area (Å²) in [6.07, 6.45) is -3.07. The van der Waals surface area contributed by atoms with Crippen molar-refractivity contribution in [1.82, 2.24) is 18.7 Å². The Morgan fingerprint density at radius 2 is 1.41 bits per heavy atom. The molecule has 0 bridgehead atoms. The van der Waals surface area contributed by atoms with Crippen LogP contribution in [-0.2, 0) is 19.3 Å². The summed E-state index contributed by atoms with van der Waals surface area (Å²) in [5, 5.41) is 0. The van der Waals surface area contributed by atoms with E-state index >= 15 is 0 Å². The molecule has 10 heteroatoms. The molecule has 0 unspecified atom stereocenters. The third kappa shape index (κ3) is 5.14. The van der Waals surface area contributed by atoms with E-state index < -0.39 is 28.8 Å². The van der Waals surface area contributed by atoms with Gasteiger partial charge >= 0.3 is 11.9 Å². The predicted octanol–water partition coefficient (Wildman–Crippen LogP) is 5.73. The summed E-state index contributed by atoms with van der Waals surface area (Å²) in [6, 6.07) is 17.5. The largest absolute Gasteiger partial charge is 0.416 e. The summed E-state index contributed by atoms with van der Waals surface area (Å²) in [4.78, 5) is 31.7. The fourth-order valence-electron chi connectivity index (χ4n) is 4.45. The van der Waals surface area contributed by atoms with Gasteiger partial charge in [-0.2, -0.15) is 13.2 Å². The van der Waals surface area contributed by atoms with Gasteiger partial charge in [0.05, 0.1) is 24.1 Å². The van der Waals surface area contributed by atoms with Gasteiger partial charge in [0.1, 0.15) is 5.82 Å². The number of imidazole rings is 1. The Kier molecular flexibility index (Phi) is 6.71. The molecule has 0 aliphatic rings. The number of hydrogen-bond donors (Lipinski definition) is 0. The van der Waals surface area contributed by atoms with Gasteiger partial charge in [0.15, 0.2) is 11.2 Å². The molecule has 2 heterocycles. The molecule has 0 spiro atoms. The van der Waals surface area contributed by atoms with E-state index in [4.69, 9.17) is 0 Å². The third-order valence-corrected chi connectivity index (χ3v) is 6.61. The zero-order valence-electron chi connectivity index (χ0n) is 21.1. The van der Waals surface area contributed by atoms with Crippen LogP contribution in [0.1, 0.15) is 42.0 Å². The van der Waals surface area contributed by atoms with E-state index in [0.29, 0.717) is 16.8 Å². The van der Waals surface area contributed by atoms with E-state index in [-0.39, 0.29) is 30.2 Å². The van der Waals surface area contributed by atoms with Crippen LogP contribution in [0.4, 0.5) is 17.6 Å². The lowest BCUT2D eigenvalue weighted by atomic mass is 10.0. The Balaban J connectivity index is 1.67. The zero-order valence-corrected chi connectivity index (χ0v) is 21.1. The molecule has 5 aromatic rings. The Morgan fingerprint density at radius 1 is 0.821 bits per heavy atom. The molecular formula is C29H24F4N4O2. The smallest absolute Gasteiger partial charge is 0.320 e. The lowest BCUT2D eigenvalue weighted by Crippen LogP contribution is -2.40. The zero-order chi connectivity index (χ0) is 27.9. The first kappa shape index (κ1) is 26.1. The average Bonchev–Trinajstić information content (AvgIpc) is 3.31. The first-order valence-corrected chi connectivity index (χ1v) is 12.2. The van der Waals surface area contributed by atoms with Gasteiger partial charge in [-0.3, -0.25) is 9.36 Å². The summed E-state index contributed by atoms with van der Waals surface area (Å²) >= 11 is 0. The normalized spacial score (nSPS) is 12.0.